The molecule has 98 valence electrons. The summed E-state index contributed by atoms with van der Waals surface area (Å²) in [5.41, 5.74) is 2.19. The quantitative estimate of drug-likeness (QED) is 0.677. The Morgan fingerprint density at radius 1 is 1.11 bits per heavy atom. The molecule has 0 unspecified atom stereocenters. The predicted octanol–water partition coefficient (Wildman–Crippen LogP) is 1.43. The van der Waals surface area contributed by atoms with E-state index in [9.17, 15) is 0 Å². The fourth-order valence-corrected chi connectivity index (χ4v) is 2.05. The molecule has 0 aliphatic carbocycles. The van der Waals surface area contributed by atoms with E-state index in [2.05, 4.69) is 46.3 Å². The zero-order chi connectivity index (χ0) is 12.4. The van der Waals surface area contributed by atoms with Crippen molar-refractivity contribution in [3.63, 3.8) is 0 Å². The fraction of sp³-hybridized carbons (Fsp3) is 0.231. The predicted molar refractivity (Wildman–Crippen MR) is 73.2 cm³/mol. The third kappa shape index (κ3) is 3.21. The first-order valence-electron chi connectivity index (χ1n) is 6.01. The van der Waals surface area contributed by atoms with Gasteiger partial charge < -0.3 is 9.62 Å². The summed E-state index contributed by atoms with van der Waals surface area (Å²) in [6.45, 7) is 2.04. The molecule has 3 rings (SSSR count). The van der Waals surface area contributed by atoms with Gasteiger partial charge in [0.05, 0.1) is 0 Å². The van der Waals surface area contributed by atoms with Gasteiger partial charge in [0.2, 0.25) is 0 Å². The topological polar surface area (TPSA) is 32.3 Å². The van der Waals surface area contributed by atoms with Gasteiger partial charge in [-0.1, -0.05) is 6.07 Å². The molecule has 19 heavy (non-hydrogen) atoms. The summed E-state index contributed by atoms with van der Waals surface area (Å²) in [5, 5.41) is 0. The maximum absolute atomic E-state index is 4.51. The Kier molecular flexibility index (Phi) is 4.69. The molecule has 6 heteroatoms. The zero-order valence-corrected chi connectivity index (χ0v) is 13.1. The van der Waals surface area contributed by atoms with E-state index < -0.39 is 0 Å². The third-order valence-electron chi connectivity index (χ3n) is 3.07. The minimum absolute atomic E-state index is 0. The molecular formula is C13H14BIrN4. The van der Waals surface area contributed by atoms with Crippen molar-refractivity contribution in [2.75, 3.05) is 24.9 Å². The number of hydrogen-bond acceptors (Lipinski definition) is 4. The molecule has 0 atom stereocenters. The first-order chi connectivity index (χ1) is 8.83. The van der Waals surface area contributed by atoms with Crippen molar-refractivity contribution in [3.8, 4) is 11.1 Å². The number of hydrogen-bond donors (Lipinski definition) is 0. The van der Waals surface area contributed by atoms with Crippen molar-refractivity contribution in [2.24, 2.45) is 0 Å². The van der Waals surface area contributed by atoms with Gasteiger partial charge in [-0.05, 0) is 25.2 Å². The Labute approximate surface area is 127 Å². The standard InChI is InChI=1S/C13H14BN4.Ir/c1-17-7-8-18(14-17)13-5-4-12(10-16-13)11-3-2-6-15-9-11;/h2-6,9-10H,7-8H2,1H3;. The van der Waals surface area contributed by atoms with Crippen LogP contribution >= 0.6 is 0 Å². The zero-order valence-electron chi connectivity index (χ0n) is 10.7. The summed E-state index contributed by atoms with van der Waals surface area (Å²) in [6.07, 6.45) is 5.53. The molecule has 4 nitrogen and oxygen atoms in total. The van der Waals surface area contributed by atoms with E-state index in [1.165, 1.54) is 0 Å². The van der Waals surface area contributed by atoms with Gasteiger partial charge in [-0.2, -0.15) is 0 Å². The van der Waals surface area contributed by atoms with Crippen LogP contribution in [0, 0.1) is 0 Å². The van der Waals surface area contributed by atoms with Crippen molar-refractivity contribution < 1.29 is 20.1 Å². The summed E-state index contributed by atoms with van der Waals surface area (Å²) < 4.78 is 0. The second kappa shape index (κ2) is 6.28. The van der Waals surface area contributed by atoms with Crippen molar-refractivity contribution in [1.29, 1.82) is 0 Å². The van der Waals surface area contributed by atoms with Crippen molar-refractivity contribution in [2.45, 2.75) is 0 Å². The van der Waals surface area contributed by atoms with Crippen molar-refractivity contribution >= 4 is 13.4 Å². The van der Waals surface area contributed by atoms with Gasteiger partial charge in [0.25, 0.3) is 0 Å². The molecule has 0 saturated carbocycles. The van der Waals surface area contributed by atoms with E-state index in [1.54, 1.807) is 6.20 Å². The molecule has 0 aromatic carbocycles. The first-order valence-corrected chi connectivity index (χ1v) is 6.01. The maximum Gasteiger partial charge on any atom is 0.353 e. The van der Waals surface area contributed by atoms with Crippen LogP contribution in [0.25, 0.3) is 11.1 Å². The van der Waals surface area contributed by atoms with Gasteiger partial charge in [-0.25, -0.2) is 4.98 Å². The number of anilines is 1. The van der Waals surface area contributed by atoms with Crippen LogP contribution in [0.15, 0.2) is 42.9 Å². The Morgan fingerprint density at radius 3 is 2.53 bits per heavy atom. The molecule has 2 aromatic rings. The smallest absolute Gasteiger partial charge is 0.353 e. The van der Waals surface area contributed by atoms with Gasteiger partial charge in [-0.15, -0.1) is 0 Å². The van der Waals surface area contributed by atoms with E-state index in [1.807, 2.05) is 24.5 Å². The average molecular weight is 429 g/mol. The van der Waals surface area contributed by atoms with Crippen molar-refractivity contribution in [3.05, 3.63) is 42.9 Å². The largest absolute Gasteiger partial charge is 0.388 e. The van der Waals surface area contributed by atoms with Gasteiger partial charge in [0, 0.05) is 62.9 Å². The summed E-state index contributed by atoms with van der Waals surface area (Å²) in [7, 11) is 4.16. The van der Waals surface area contributed by atoms with E-state index in [0.29, 0.717) is 0 Å². The first kappa shape index (κ1) is 14.2. The molecule has 0 amide bonds. The number of rotatable bonds is 2. The van der Waals surface area contributed by atoms with Crippen LogP contribution in [-0.4, -0.2) is 42.5 Å². The van der Waals surface area contributed by atoms with Crippen LogP contribution in [0.5, 0.6) is 0 Å². The molecule has 0 N–H and O–H groups in total. The Bertz CT molecular complexity index is 520. The van der Waals surface area contributed by atoms with Gasteiger partial charge in [0.1, 0.15) is 5.82 Å². The molecule has 1 fully saturated rings. The van der Waals surface area contributed by atoms with Crippen LogP contribution in [0.2, 0.25) is 0 Å². The molecule has 2 radical (unpaired) electrons. The molecule has 0 spiro atoms. The van der Waals surface area contributed by atoms with Crippen LogP contribution < -0.4 is 4.81 Å². The molecule has 1 aliphatic rings. The Morgan fingerprint density at radius 2 is 1.95 bits per heavy atom. The van der Waals surface area contributed by atoms with Gasteiger partial charge >= 0.3 is 7.55 Å². The Balaban J connectivity index is 0.00000133. The number of nitrogens with zero attached hydrogens (tertiary/aromatic N) is 4. The minimum Gasteiger partial charge on any atom is -0.388 e. The van der Waals surface area contributed by atoms with E-state index >= 15 is 0 Å². The maximum atomic E-state index is 4.51. The van der Waals surface area contributed by atoms with E-state index in [-0.39, 0.29) is 20.1 Å². The van der Waals surface area contributed by atoms with Gasteiger partial charge in [-0.3, -0.25) is 4.98 Å². The Hall–Kier alpha value is -1.23. The van der Waals surface area contributed by atoms with Crippen LogP contribution in [-0.2, 0) is 20.1 Å². The normalized spacial score (nSPS) is 14.9. The minimum atomic E-state index is 0. The second-order valence-electron chi connectivity index (χ2n) is 4.44. The molecule has 1 aliphatic heterocycles. The van der Waals surface area contributed by atoms with Gasteiger partial charge in [0.15, 0.2) is 0 Å². The molecular weight excluding hydrogens is 415 g/mol. The van der Waals surface area contributed by atoms with Crippen LogP contribution in [0.1, 0.15) is 0 Å². The van der Waals surface area contributed by atoms with Crippen LogP contribution in [0.3, 0.4) is 0 Å². The summed E-state index contributed by atoms with van der Waals surface area (Å²) >= 11 is 0. The number of likely N-dealkylation sites (N-methyl/N-ethyl adjacent to an activating group) is 1. The molecule has 0 bridgehead atoms. The fourth-order valence-electron chi connectivity index (χ4n) is 2.05. The van der Waals surface area contributed by atoms with E-state index in [0.717, 1.165) is 30.0 Å². The summed E-state index contributed by atoms with van der Waals surface area (Å²) in [6, 6.07) is 8.12. The van der Waals surface area contributed by atoms with E-state index in [4.69, 9.17) is 0 Å². The summed E-state index contributed by atoms with van der Waals surface area (Å²) in [5.74, 6) is 0.993. The monoisotopic (exact) mass is 430 g/mol. The summed E-state index contributed by atoms with van der Waals surface area (Å²) in [4.78, 5) is 13.0. The number of aromatic nitrogens is 2. The molecule has 1 saturated heterocycles. The van der Waals surface area contributed by atoms with Crippen LogP contribution in [0.4, 0.5) is 5.82 Å². The number of pyridine rings is 2. The van der Waals surface area contributed by atoms with Crippen molar-refractivity contribution in [1.82, 2.24) is 14.8 Å². The third-order valence-corrected chi connectivity index (χ3v) is 3.07. The molecule has 3 heterocycles. The molecule has 2 aromatic heterocycles. The average Bonchev–Trinajstić information content (AvgIpc) is 2.87. The second-order valence-corrected chi connectivity index (χ2v) is 4.44. The SMILES string of the molecule is CN1[B]N(c2ccc(-c3cccnc3)cn2)CC1.[Ir].